The van der Waals surface area contributed by atoms with E-state index in [0.717, 1.165) is 44.9 Å². The third kappa shape index (κ3) is 8.63. The topological polar surface area (TPSA) is 146 Å². The number of hydrogen-bond donors (Lipinski definition) is 0. The Bertz CT molecular complexity index is 458. The van der Waals surface area contributed by atoms with Gasteiger partial charge in [0.1, 0.15) is 0 Å². The summed E-state index contributed by atoms with van der Waals surface area (Å²) in [5.41, 5.74) is 0. The monoisotopic (exact) mass is 372 g/mol. The van der Waals surface area contributed by atoms with E-state index in [1.807, 2.05) is 12.4 Å². The Morgan fingerprint density at radius 1 is 0.692 bits per heavy atom. The highest BCUT2D eigenvalue weighted by Crippen LogP contribution is 2.21. The lowest BCUT2D eigenvalue weighted by molar-refractivity contribution is -0.970. The zero-order chi connectivity index (χ0) is 19.8. The van der Waals surface area contributed by atoms with Crippen LogP contribution in [0.3, 0.4) is 0 Å². The molecule has 0 bridgehead atoms. The van der Waals surface area contributed by atoms with Gasteiger partial charge < -0.3 is 0 Å². The van der Waals surface area contributed by atoms with Gasteiger partial charge in [0.15, 0.2) is 27.5 Å². The molecule has 26 heavy (non-hydrogen) atoms. The molecule has 0 fully saturated rings. The van der Waals surface area contributed by atoms with E-state index in [1.54, 1.807) is 0 Å². The number of allylic oxidation sites excluding steroid dienone is 2. The van der Waals surface area contributed by atoms with Gasteiger partial charge in [0.05, 0.1) is 0 Å². The first kappa shape index (κ1) is 23.6. The summed E-state index contributed by atoms with van der Waals surface area (Å²) < 4.78 is 0. The summed E-state index contributed by atoms with van der Waals surface area (Å²) in [6.45, 7) is 0. The molecule has 0 aliphatic heterocycles. The Morgan fingerprint density at radius 2 is 1.12 bits per heavy atom. The Labute approximate surface area is 152 Å². The van der Waals surface area contributed by atoms with Crippen LogP contribution in [0.25, 0.3) is 0 Å². The van der Waals surface area contributed by atoms with Gasteiger partial charge in [0, 0.05) is 6.42 Å². The second-order valence-electron chi connectivity index (χ2n) is 6.07. The van der Waals surface area contributed by atoms with E-state index in [4.69, 9.17) is 0 Å². The zero-order valence-electron chi connectivity index (χ0n) is 14.8. The molecule has 0 N–H and O–H groups in total. The Kier molecular flexibility index (Phi) is 12.6. The molecule has 0 aliphatic rings. The fourth-order valence-corrected chi connectivity index (χ4v) is 2.50. The van der Waals surface area contributed by atoms with Crippen molar-refractivity contribution in [1.82, 2.24) is 0 Å². The average molecular weight is 372 g/mol. The number of nitro groups is 3. The van der Waals surface area contributed by atoms with Crippen LogP contribution in [0.1, 0.15) is 77.0 Å². The predicted octanol–water partition coefficient (Wildman–Crippen LogP) is 3.82. The molecular weight excluding hydrogens is 346 g/mol. The number of hydrogen-bond acceptors (Lipinski definition) is 7. The SMILES string of the molecule is O=[C]CCCCCCC/C=C\CCCCCC([N+](=O)[O-])([N+](=O)[O-])[N+](=O)[O-]. The van der Waals surface area contributed by atoms with Crippen molar-refractivity contribution in [2.75, 3.05) is 0 Å². The minimum Gasteiger partial charge on any atom is -0.291 e. The van der Waals surface area contributed by atoms with E-state index in [0.29, 0.717) is 19.3 Å². The first-order chi connectivity index (χ1) is 12.4. The van der Waals surface area contributed by atoms with E-state index in [9.17, 15) is 35.1 Å². The Balaban J connectivity index is 3.83. The van der Waals surface area contributed by atoms with Gasteiger partial charge in [-0.15, -0.1) is 0 Å². The minimum atomic E-state index is -3.33. The highest BCUT2D eigenvalue weighted by atomic mass is 16.7. The first-order valence-electron chi connectivity index (χ1n) is 8.83. The van der Waals surface area contributed by atoms with Gasteiger partial charge >= 0.3 is 5.79 Å². The van der Waals surface area contributed by atoms with Gasteiger partial charge in [0.25, 0.3) is 0 Å². The molecule has 0 heterocycles. The lowest BCUT2D eigenvalue weighted by atomic mass is 10.1. The van der Waals surface area contributed by atoms with Gasteiger partial charge in [-0.05, 0) is 38.5 Å². The van der Waals surface area contributed by atoms with E-state index >= 15 is 0 Å². The fourth-order valence-electron chi connectivity index (χ4n) is 2.50. The number of unbranched alkanes of at least 4 members (excludes halogenated alkanes) is 9. The third-order valence-corrected chi connectivity index (χ3v) is 4.08. The highest BCUT2D eigenvalue weighted by molar-refractivity contribution is 5.50. The molecule has 0 atom stereocenters. The van der Waals surface area contributed by atoms with Crippen LogP contribution in [-0.4, -0.2) is 26.8 Å². The molecule has 0 rings (SSSR count). The van der Waals surface area contributed by atoms with E-state index in [2.05, 4.69) is 6.08 Å². The molecule has 0 saturated carbocycles. The van der Waals surface area contributed by atoms with E-state index < -0.39 is 27.0 Å². The van der Waals surface area contributed by atoms with Gasteiger partial charge in [-0.25, -0.2) is 0 Å². The van der Waals surface area contributed by atoms with E-state index in [-0.39, 0.29) is 6.42 Å². The molecule has 10 nitrogen and oxygen atoms in total. The number of rotatable bonds is 17. The third-order valence-electron chi connectivity index (χ3n) is 4.08. The molecule has 0 amide bonds. The van der Waals surface area contributed by atoms with Crippen LogP contribution >= 0.6 is 0 Å². The van der Waals surface area contributed by atoms with Crippen molar-refractivity contribution in [3.05, 3.63) is 42.5 Å². The molecule has 10 heteroatoms. The molecule has 147 valence electrons. The predicted molar refractivity (Wildman–Crippen MR) is 94.0 cm³/mol. The quantitative estimate of drug-likeness (QED) is 0.124. The van der Waals surface area contributed by atoms with Crippen molar-refractivity contribution in [1.29, 1.82) is 0 Å². The molecule has 0 saturated heterocycles. The molecule has 1 radical (unpaired) electrons. The highest BCUT2D eigenvalue weighted by Gasteiger charge is 2.69. The van der Waals surface area contributed by atoms with Crippen molar-refractivity contribution in [2.45, 2.75) is 82.8 Å². The normalized spacial score (nSPS) is 11.5. The molecule has 0 aromatic rings. The van der Waals surface area contributed by atoms with Crippen LogP contribution in [0.4, 0.5) is 0 Å². The van der Waals surface area contributed by atoms with Crippen LogP contribution in [-0.2, 0) is 4.79 Å². The second-order valence-corrected chi connectivity index (χ2v) is 6.07. The average Bonchev–Trinajstić information content (AvgIpc) is 2.57. The van der Waals surface area contributed by atoms with Gasteiger partial charge in [-0.3, -0.25) is 35.1 Å². The van der Waals surface area contributed by atoms with Crippen LogP contribution in [0, 0.1) is 30.3 Å². The summed E-state index contributed by atoms with van der Waals surface area (Å²) in [7, 11) is 0. The fraction of sp³-hybridized carbons (Fsp3) is 0.812. The smallest absolute Gasteiger partial charge is 0.291 e. The molecule has 0 aromatic heterocycles. The maximum Gasteiger partial charge on any atom is 0.699 e. The summed E-state index contributed by atoms with van der Waals surface area (Å²) in [6.07, 6.45) is 13.8. The lowest BCUT2D eigenvalue weighted by Crippen LogP contribution is -2.53. The molecule has 0 spiro atoms. The van der Waals surface area contributed by atoms with Gasteiger partial charge in [-0.1, -0.05) is 37.8 Å². The van der Waals surface area contributed by atoms with Crippen LogP contribution in [0.2, 0.25) is 0 Å². The van der Waals surface area contributed by atoms with Crippen molar-refractivity contribution in [3.8, 4) is 0 Å². The summed E-state index contributed by atoms with van der Waals surface area (Å²) in [5, 5.41) is 32.3. The summed E-state index contributed by atoms with van der Waals surface area (Å²) in [5.74, 6) is -3.33. The standard InChI is InChI=1S/C16H26N3O7/c20-15-13-11-9-7-5-3-1-2-4-6-8-10-12-14-16(17(21)22,18(23)24)19(25)26/h2,4H,1,3,5-14H2/b4-2-. The molecular formula is C16H26N3O7. The molecule has 0 unspecified atom stereocenters. The summed E-state index contributed by atoms with van der Waals surface area (Å²) in [4.78, 5) is 38.0. The molecule has 0 aliphatic carbocycles. The largest absolute Gasteiger partial charge is 0.699 e. The summed E-state index contributed by atoms with van der Waals surface area (Å²) in [6, 6.07) is 0. The lowest BCUT2D eigenvalue weighted by Gasteiger charge is -2.08. The summed E-state index contributed by atoms with van der Waals surface area (Å²) >= 11 is 0. The minimum absolute atomic E-state index is 0.0506. The van der Waals surface area contributed by atoms with Gasteiger partial charge in [-0.2, -0.15) is 0 Å². The van der Waals surface area contributed by atoms with Crippen molar-refractivity contribution in [3.63, 3.8) is 0 Å². The van der Waals surface area contributed by atoms with Crippen LogP contribution in [0.15, 0.2) is 12.2 Å². The number of carbonyl (C=O) groups excluding carboxylic acids is 1. The Morgan fingerprint density at radius 3 is 1.58 bits per heavy atom. The van der Waals surface area contributed by atoms with Crippen molar-refractivity contribution < 1.29 is 19.6 Å². The van der Waals surface area contributed by atoms with Crippen LogP contribution < -0.4 is 0 Å². The van der Waals surface area contributed by atoms with Crippen molar-refractivity contribution in [2.24, 2.45) is 0 Å². The maximum absolute atomic E-state index is 10.8. The zero-order valence-corrected chi connectivity index (χ0v) is 14.8. The first-order valence-corrected chi connectivity index (χ1v) is 8.83. The number of nitrogens with zero attached hydrogens (tertiary/aromatic N) is 3. The second kappa shape index (κ2) is 13.9. The van der Waals surface area contributed by atoms with Crippen molar-refractivity contribution >= 4 is 6.29 Å². The van der Waals surface area contributed by atoms with E-state index in [1.165, 1.54) is 0 Å². The van der Waals surface area contributed by atoms with Gasteiger partial charge in [0.2, 0.25) is 0 Å². The van der Waals surface area contributed by atoms with Crippen LogP contribution in [0.5, 0.6) is 0 Å². The maximum atomic E-state index is 10.8. The Hall–Kier alpha value is -2.39. The molecule has 0 aromatic carbocycles.